The fraction of sp³-hybridized carbons (Fsp3) is 0.429. The minimum Gasteiger partial charge on any atom is -0.487 e. The number of guanidine groups is 1. The van der Waals surface area contributed by atoms with Crippen molar-refractivity contribution in [3.63, 3.8) is 0 Å². The van der Waals surface area contributed by atoms with Crippen LogP contribution in [0.1, 0.15) is 17.7 Å². The molecule has 0 bridgehead atoms. The Morgan fingerprint density at radius 2 is 2.11 bits per heavy atom. The van der Waals surface area contributed by atoms with Gasteiger partial charge in [-0.2, -0.15) is 0 Å². The van der Waals surface area contributed by atoms with E-state index >= 15 is 0 Å². The molecule has 0 aliphatic carbocycles. The van der Waals surface area contributed by atoms with Gasteiger partial charge in [0.1, 0.15) is 12.4 Å². The lowest BCUT2D eigenvalue weighted by atomic mass is 10.1. The summed E-state index contributed by atoms with van der Waals surface area (Å²) in [6.45, 7) is 4.04. The molecule has 2 aromatic rings. The van der Waals surface area contributed by atoms with Crippen LogP contribution in [0.25, 0.3) is 0 Å². The summed E-state index contributed by atoms with van der Waals surface area (Å²) < 4.78 is 11.1. The Labute approximate surface area is 161 Å². The number of hydrogen-bond acceptors (Lipinski definition) is 4. The van der Waals surface area contributed by atoms with Crippen molar-refractivity contribution in [3.8, 4) is 5.75 Å². The van der Waals surface area contributed by atoms with Crippen molar-refractivity contribution in [1.82, 2.24) is 15.2 Å². The summed E-state index contributed by atoms with van der Waals surface area (Å²) in [5.74, 6) is 2.38. The molecule has 2 heterocycles. The normalized spacial score (nSPS) is 17.2. The molecule has 0 saturated carbocycles. The lowest BCUT2D eigenvalue weighted by Gasteiger charge is -2.21. The van der Waals surface area contributed by atoms with E-state index < -0.39 is 0 Å². The van der Waals surface area contributed by atoms with E-state index in [0.717, 1.165) is 50.1 Å². The van der Waals surface area contributed by atoms with Crippen LogP contribution in [0.15, 0.2) is 53.7 Å². The summed E-state index contributed by atoms with van der Waals surface area (Å²) in [5, 5.41) is 3.45. The monoisotopic (exact) mass is 368 g/mol. The van der Waals surface area contributed by atoms with Crippen LogP contribution in [0.4, 0.5) is 0 Å². The van der Waals surface area contributed by atoms with Crippen molar-refractivity contribution >= 4 is 5.96 Å². The van der Waals surface area contributed by atoms with Gasteiger partial charge in [0.15, 0.2) is 5.96 Å². The highest BCUT2D eigenvalue weighted by Crippen LogP contribution is 2.17. The fourth-order valence-corrected chi connectivity index (χ4v) is 3.25. The lowest BCUT2D eigenvalue weighted by molar-refractivity contribution is 0.157. The summed E-state index contributed by atoms with van der Waals surface area (Å²) in [7, 11) is 3.60. The average Bonchev–Trinajstić information content (AvgIpc) is 3.17. The van der Waals surface area contributed by atoms with E-state index in [1.165, 1.54) is 5.56 Å². The lowest BCUT2D eigenvalue weighted by Crippen LogP contribution is -2.39. The Balaban J connectivity index is 1.46. The van der Waals surface area contributed by atoms with Crippen LogP contribution in [-0.2, 0) is 17.9 Å². The van der Waals surface area contributed by atoms with Gasteiger partial charge in [-0.25, -0.2) is 0 Å². The Morgan fingerprint density at radius 1 is 1.26 bits per heavy atom. The molecule has 1 aliphatic heterocycles. The second-order valence-corrected chi connectivity index (χ2v) is 6.71. The molecule has 0 amide bonds. The van der Waals surface area contributed by atoms with Gasteiger partial charge in [0, 0.05) is 45.9 Å². The number of ether oxygens (including phenoxy) is 2. The zero-order valence-corrected chi connectivity index (χ0v) is 16.1. The van der Waals surface area contributed by atoms with Gasteiger partial charge in [0.2, 0.25) is 0 Å². The third-order valence-corrected chi connectivity index (χ3v) is 4.69. The molecule has 1 aromatic heterocycles. The molecule has 0 spiro atoms. The van der Waals surface area contributed by atoms with Crippen LogP contribution in [-0.4, -0.2) is 49.7 Å². The number of nitrogens with one attached hydrogen (secondary N) is 1. The van der Waals surface area contributed by atoms with Crippen LogP contribution in [0, 0.1) is 5.92 Å². The number of methoxy groups -OCH3 is 1. The number of benzene rings is 1. The SMILES string of the molecule is CN=C(NCc1ccc(OCc2ccccn2)cc1)N1CCC(COC)C1. The first-order valence-corrected chi connectivity index (χ1v) is 9.34. The van der Waals surface area contributed by atoms with E-state index in [-0.39, 0.29) is 0 Å². The van der Waals surface area contributed by atoms with Crippen molar-refractivity contribution in [2.24, 2.45) is 10.9 Å². The molecule has 1 saturated heterocycles. The first-order valence-electron chi connectivity index (χ1n) is 9.34. The Kier molecular flexibility index (Phi) is 7.04. The standard InChI is InChI=1S/C21H28N4O2/c1-22-21(25-12-10-18(14-25)15-26-2)24-13-17-6-8-20(9-7-17)27-16-19-5-3-4-11-23-19/h3-9,11,18H,10,12-16H2,1-2H3,(H,22,24). The quantitative estimate of drug-likeness (QED) is 0.601. The van der Waals surface area contributed by atoms with Gasteiger partial charge in [-0.3, -0.25) is 9.98 Å². The van der Waals surface area contributed by atoms with E-state index in [1.807, 2.05) is 37.4 Å². The minimum atomic E-state index is 0.475. The first-order chi connectivity index (χ1) is 13.3. The van der Waals surface area contributed by atoms with Crippen LogP contribution in [0.2, 0.25) is 0 Å². The minimum absolute atomic E-state index is 0.475. The van der Waals surface area contributed by atoms with E-state index in [1.54, 1.807) is 13.3 Å². The van der Waals surface area contributed by atoms with E-state index in [2.05, 4.69) is 32.3 Å². The number of aromatic nitrogens is 1. The first kappa shape index (κ1) is 19.2. The predicted octanol–water partition coefficient (Wildman–Crippen LogP) is 2.70. The highest BCUT2D eigenvalue weighted by atomic mass is 16.5. The average molecular weight is 368 g/mol. The van der Waals surface area contributed by atoms with Gasteiger partial charge in [0.25, 0.3) is 0 Å². The zero-order chi connectivity index (χ0) is 18.9. The Hall–Kier alpha value is -2.60. The van der Waals surface area contributed by atoms with Crippen LogP contribution in [0.5, 0.6) is 5.75 Å². The van der Waals surface area contributed by atoms with Gasteiger partial charge >= 0.3 is 0 Å². The second-order valence-electron chi connectivity index (χ2n) is 6.71. The number of nitrogens with zero attached hydrogens (tertiary/aromatic N) is 3. The number of rotatable bonds is 7. The van der Waals surface area contributed by atoms with Crippen molar-refractivity contribution < 1.29 is 9.47 Å². The van der Waals surface area contributed by atoms with Crippen molar-refractivity contribution in [3.05, 3.63) is 59.9 Å². The number of hydrogen-bond donors (Lipinski definition) is 1. The summed E-state index contributed by atoms with van der Waals surface area (Å²) in [6, 6.07) is 14.0. The number of likely N-dealkylation sites (tertiary alicyclic amines) is 1. The van der Waals surface area contributed by atoms with Gasteiger partial charge < -0.3 is 19.7 Å². The third kappa shape index (κ3) is 5.69. The largest absolute Gasteiger partial charge is 0.487 e. The molecule has 1 N–H and O–H groups in total. The Morgan fingerprint density at radius 3 is 2.81 bits per heavy atom. The van der Waals surface area contributed by atoms with Gasteiger partial charge in [0.05, 0.1) is 12.3 Å². The van der Waals surface area contributed by atoms with Crippen LogP contribution < -0.4 is 10.1 Å². The molecule has 3 rings (SSSR count). The summed E-state index contributed by atoms with van der Waals surface area (Å²) in [5.41, 5.74) is 2.11. The molecule has 144 valence electrons. The molecule has 0 radical (unpaired) electrons. The summed E-state index contributed by atoms with van der Waals surface area (Å²) in [6.07, 6.45) is 2.93. The fourth-order valence-electron chi connectivity index (χ4n) is 3.25. The molecule has 1 fully saturated rings. The van der Waals surface area contributed by atoms with Crippen molar-refractivity contribution in [2.45, 2.75) is 19.6 Å². The molecular formula is C21H28N4O2. The molecule has 1 aromatic carbocycles. The highest BCUT2D eigenvalue weighted by molar-refractivity contribution is 5.80. The molecule has 6 nitrogen and oxygen atoms in total. The highest BCUT2D eigenvalue weighted by Gasteiger charge is 2.24. The zero-order valence-electron chi connectivity index (χ0n) is 16.1. The molecule has 6 heteroatoms. The molecule has 1 aliphatic rings. The predicted molar refractivity (Wildman–Crippen MR) is 107 cm³/mol. The molecule has 1 atom stereocenters. The van der Waals surface area contributed by atoms with E-state index in [4.69, 9.17) is 9.47 Å². The molecule has 27 heavy (non-hydrogen) atoms. The number of aliphatic imine (C=N–C) groups is 1. The van der Waals surface area contributed by atoms with E-state index in [0.29, 0.717) is 12.5 Å². The maximum atomic E-state index is 5.78. The van der Waals surface area contributed by atoms with Gasteiger partial charge in [-0.15, -0.1) is 0 Å². The maximum Gasteiger partial charge on any atom is 0.193 e. The smallest absolute Gasteiger partial charge is 0.193 e. The molecule has 1 unspecified atom stereocenters. The summed E-state index contributed by atoms with van der Waals surface area (Å²) in [4.78, 5) is 11.0. The second kappa shape index (κ2) is 9.92. The summed E-state index contributed by atoms with van der Waals surface area (Å²) >= 11 is 0. The van der Waals surface area contributed by atoms with Crippen LogP contribution in [0.3, 0.4) is 0 Å². The molecular weight excluding hydrogens is 340 g/mol. The Bertz CT molecular complexity index is 719. The van der Waals surface area contributed by atoms with Crippen LogP contribution >= 0.6 is 0 Å². The van der Waals surface area contributed by atoms with Gasteiger partial charge in [-0.1, -0.05) is 18.2 Å². The van der Waals surface area contributed by atoms with Crippen molar-refractivity contribution in [1.29, 1.82) is 0 Å². The maximum absolute atomic E-state index is 5.78. The number of pyridine rings is 1. The van der Waals surface area contributed by atoms with Crippen molar-refractivity contribution in [2.75, 3.05) is 33.9 Å². The third-order valence-electron chi connectivity index (χ3n) is 4.69. The van der Waals surface area contributed by atoms with E-state index in [9.17, 15) is 0 Å². The van der Waals surface area contributed by atoms with Gasteiger partial charge in [-0.05, 0) is 36.2 Å². The topological polar surface area (TPSA) is 59.0 Å².